The number of esters is 1. The average molecular weight is 407 g/mol. The Morgan fingerprint density at radius 2 is 1.93 bits per heavy atom. The van der Waals surface area contributed by atoms with Gasteiger partial charge >= 0.3 is 5.97 Å². The van der Waals surface area contributed by atoms with Crippen molar-refractivity contribution < 1.29 is 19.4 Å². The Morgan fingerprint density at radius 1 is 1.26 bits per heavy atom. The van der Waals surface area contributed by atoms with Gasteiger partial charge < -0.3 is 9.84 Å². The van der Waals surface area contributed by atoms with E-state index < -0.39 is 17.5 Å². The molecule has 27 heavy (non-hydrogen) atoms. The molecule has 6 nitrogen and oxygen atoms in total. The number of hydrogen-bond acceptors (Lipinski definition) is 6. The molecule has 1 aromatic carbocycles. The Balaban J connectivity index is 2.33. The Labute approximate surface area is 166 Å². The summed E-state index contributed by atoms with van der Waals surface area (Å²) in [4.78, 5) is 28.0. The van der Waals surface area contributed by atoms with Gasteiger partial charge in [-0.25, -0.2) is 4.98 Å². The van der Waals surface area contributed by atoms with Gasteiger partial charge in [-0.3, -0.25) is 9.59 Å². The van der Waals surface area contributed by atoms with Crippen LogP contribution in [0.25, 0.3) is 0 Å². The SMILES string of the molecule is CCOC(=O)CCC(=O)c1nc(Cc2c(Cl)cccc2Cl)cc(C#N)c1O. The smallest absolute Gasteiger partial charge is 0.306 e. The molecule has 140 valence electrons. The number of Topliss-reactive ketones (excluding diaryl/α,β-unsaturated/α-hetero) is 1. The average Bonchev–Trinajstić information content (AvgIpc) is 2.64. The van der Waals surface area contributed by atoms with E-state index >= 15 is 0 Å². The third kappa shape index (κ3) is 5.19. The summed E-state index contributed by atoms with van der Waals surface area (Å²) in [6.45, 7) is 1.87. The summed E-state index contributed by atoms with van der Waals surface area (Å²) in [5, 5.41) is 20.2. The second-order valence-corrected chi connectivity index (χ2v) is 6.39. The molecule has 0 saturated heterocycles. The van der Waals surface area contributed by atoms with E-state index in [-0.39, 0.29) is 37.1 Å². The van der Waals surface area contributed by atoms with Crippen molar-refractivity contribution in [3.05, 3.63) is 56.8 Å². The largest absolute Gasteiger partial charge is 0.504 e. The zero-order chi connectivity index (χ0) is 20.0. The van der Waals surface area contributed by atoms with Crippen LogP contribution >= 0.6 is 23.2 Å². The van der Waals surface area contributed by atoms with E-state index in [2.05, 4.69) is 4.98 Å². The van der Waals surface area contributed by atoms with Crippen LogP contribution < -0.4 is 0 Å². The summed E-state index contributed by atoms with van der Waals surface area (Å²) < 4.78 is 4.78. The number of carbonyl (C=O) groups excluding carboxylic acids is 2. The van der Waals surface area contributed by atoms with Crippen molar-refractivity contribution in [3.63, 3.8) is 0 Å². The first-order chi connectivity index (χ1) is 12.9. The normalized spacial score (nSPS) is 10.3. The van der Waals surface area contributed by atoms with E-state index in [9.17, 15) is 20.0 Å². The quantitative estimate of drug-likeness (QED) is 0.548. The number of nitriles is 1. The minimum absolute atomic E-state index is 0.0948. The van der Waals surface area contributed by atoms with Crippen molar-refractivity contribution in [2.24, 2.45) is 0 Å². The first-order valence-corrected chi connectivity index (χ1v) is 8.87. The van der Waals surface area contributed by atoms with Gasteiger partial charge in [0.2, 0.25) is 0 Å². The fraction of sp³-hybridized carbons (Fsp3) is 0.263. The van der Waals surface area contributed by atoms with Gasteiger partial charge in [-0.2, -0.15) is 5.26 Å². The summed E-state index contributed by atoms with van der Waals surface area (Å²) >= 11 is 12.3. The topological polar surface area (TPSA) is 100 Å². The standard InChI is InChI=1S/C19H16Cl2N2O4/c1-2-27-17(25)7-6-16(24)18-19(26)11(10-22)8-12(23-18)9-13-14(20)4-3-5-15(13)21/h3-5,8,26H,2,6-7,9H2,1H3. The van der Waals surface area contributed by atoms with Gasteiger partial charge in [-0.05, 0) is 30.7 Å². The molecule has 2 rings (SSSR count). The van der Waals surface area contributed by atoms with Gasteiger partial charge in [0, 0.05) is 28.6 Å². The molecule has 1 N–H and O–H groups in total. The van der Waals surface area contributed by atoms with E-state index in [1.807, 2.05) is 6.07 Å². The van der Waals surface area contributed by atoms with Gasteiger partial charge in [0.25, 0.3) is 0 Å². The summed E-state index contributed by atoms with van der Waals surface area (Å²) in [5.74, 6) is -1.60. The second kappa shape index (κ2) is 9.36. The number of benzene rings is 1. The molecule has 0 fully saturated rings. The fourth-order valence-electron chi connectivity index (χ4n) is 2.41. The van der Waals surface area contributed by atoms with Crippen LogP contribution in [0.15, 0.2) is 24.3 Å². The van der Waals surface area contributed by atoms with E-state index in [0.717, 1.165) is 0 Å². The van der Waals surface area contributed by atoms with E-state index in [4.69, 9.17) is 27.9 Å². The monoisotopic (exact) mass is 406 g/mol. The van der Waals surface area contributed by atoms with E-state index in [1.54, 1.807) is 25.1 Å². The van der Waals surface area contributed by atoms with Crippen LogP contribution in [-0.2, 0) is 16.0 Å². The van der Waals surface area contributed by atoms with Crippen LogP contribution in [-0.4, -0.2) is 28.4 Å². The van der Waals surface area contributed by atoms with Crippen LogP contribution in [0.5, 0.6) is 5.75 Å². The summed E-state index contributed by atoms with van der Waals surface area (Å²) in [6, 6.07) is 8.23. The first kappa shape index (κ1) is 20.7. The van der Waals surface area contributed by atoms with Crippen molar-refractivity contribution in [1.82, 2.24) is 4.98 Å². The van der Waals surface area contributed by atoms with Crippen molar-refractivity contribution in [2.45, 2.75) is 26.2 Å². The van der Waals surface area contributed by atoms with Crippen LogP contribution in [0.1, 0.15) is 47.1 Å². The molecule has 1 heterocycles. The predicted octanol–water partition coefficient (Wildman–Crippen LogP) is 4.08. The van der Waals surface area contributed by atoms with Crippen LogP contribution in [0, 0.1) is 11.3 Å². The number of rotatable bonds is 7. The third-order valence-corrected chi connectivity index (χ3v) is 4.42. The second-order valence-electron chi connectivity index (χ2n) is 5.58. The highest BCUT2D eigenvalue weighted by molar-refractivity contribution is 6.36. The molecule has 2 aromatic rings. The number of pyridine rings is 1. The van der Waals surface area contributed by atoms with Gasteiger partial charge in [0.1, 0.15) is 11.8 Å². The van der Waals surface area contributed by atoms with Crippen molar-refractivity contribution >= 4 is 35.0 Å². The maximum Gasteiger partial charge on any atom is 0.306 e. The van der Waals surface area contributed by atoms with Crippen LogP contribution in [0.2, 0.25) is 10.0 Å². The van der Waals surface area contributed by atoms with Crippen LogP contribution in [0.3, 0.4) is 0 Å². The molecule has 0 unspecified atom stereocenters. The molecule has 0 amide bonds. The molecule has 0 radical (unpaired) electrons. The molecule has 0 aliphatic carbocycles. The minimum Gasteiger partial charge on any atom is -0.504 e. The molecule has 8 heteroatoms. The predicted molar refractivity (Wildman–Crippen MR) is 100 cm³/mol. The Bertz CT molecular complexity index is 902. The highest BCUT2D eigenvalue weighted by atomic mass is 35.5. The molecule has 0 atom stereocenters. The summed E-state index contributed by atoms with van der Waals surface area (Å²) in [6.07, 6.45) is -0.164. The van der Waals surface area contributed by atoms with Gasteiger partial charge in [0.15, 0.2) is 11.5 Å². The first-order valence-electron chi connectivity index (χ1n) is 8.12. The highest BCUT2D eigenvalue weighted by Gasteiger charge is 2.20. The number of nitrogens with zero attached hydrogens (tertiary/aromatic N) is 2. The number of ether oxygens (including phenoxy) is 1. The molecule has 1 aromatic heterocycles. The Morgan fingerprint density at radius 3 is 2.52 bits per heavy atom. The third-order valence-electron chi connectivity index (χ3n) is 3.71. The number of carbonyl (C=O) groups is 2. The number of aromatic nitrogens is 1. The lowest BCUT2D eigenvalue weighted by Crippen LogP contribution is -2.11. The zero-order valence-electron chi connectivity index (χ0n) is 14.5. The molecule has 0 aliphatic rings. The lowest BCUT2D eigenvalue weighted by atomic mass is 10.0. The fourth-order valence-corrected chi connectivity index (χ4v) is 2.94. The summed E-state index contributed by atoms with van der Waals surface area (Å²) in [5.41, 5.74) is 0.575. The van der Waals surface area contributed by atoms with Gasteiger partial charge in [0.05, 0.1) is 18.6 Å². The van der Waals surface area contributed by atoms with Crippen molar-refractivity contribution in [2.75, 3.05) is 6.61 Å². The number of aromatic hydroxyl groups is 1. The molecule has 0 spiro atoms. The number of halogens is 2. The Hall–Kier alpha value is -2.62. The Kier molecular flexibility index (Phi) is 7.17. The number of ketones is 1. The molecule has 0 saturated carbocycles. The lowest BCUT2D eigenvalue weighted by molar-refractivity contribution is -0.143. The maximum atomic E-state index is 12.4. The highest BCUT2D eigenvalue weighted by Crippen LogP contribution is 2.29. The van der Waals surface area contributed by atoms with E-state index in [0.29, 0.717) is 21.3 Å². The van der Waals surface area contributed by atoms with E-state index in [1.165, 1.54) is 6.07 Å². The van der Waals surface area contributed by atoms with Crippen LogP contribution in [0.4, 0.5) is 0 Å². The van der Waals surface area contributed by atoms with Crippen molar-refractivity contribution in [1.29, 1.82) is 5.26 Å². The molecular formula is C19H16Cl2N2O4. The van der Waals surface area contributed by atoms with Gasteiger partial charge in [-0.15, -0.1) is 0 Å². The van der Waals surface area contributed by atoms with Gasteiger partial charge in [-0.1, -0.05) is 29.3 Å². The zero-order valence-corrected chi connectivity index (χ0v) is 16.0. The summed E-state index contributed by atoms with van der Waals surface area (Å²) in [7, 11) is 0. The molecule has 0 aliphatic heterocycles. The minimum atomic E-state index is -0.566. The van der Waals surface area contributed by atoms with Crippen molar-refractivity contribution in [3.8, 4) is 11.8 Å². The maximum absolute atomic E-state index is 12.4. The molecule has 0 bridgehead atoms. The number of hydrogen-bond donors (Lipinski definition) is 1. The lowest BCUT2D eigenvalue weighted by Gasteiger charge is -2.10. The molecular weight excluding hydrogens is 391 g/mol.